The van der Waals surface area contributed by atoms with Gasteiger partial charge < -0.3 is 25.6 Å². The molecule has 0 aromatic heterocycles. The molecule has 0 spiro atoms. The first-order chi connectivity index (χ1) is 13.7. The molecule has 8 heteroatoms. The lowest BCUT2D eigenvalue weighted by molar-refractivity contribution is -0.142. The van der Waals surface area contributed by atoms with Gasteiger partial charge in [-0.2, -0.15) is 5.26 Å². The molecule has 0 aliphatic rings. The number of anilines is 1. The maximum atomic E-state index is 12.1. The SMILES string of the molecule is CC(C)Oc1ccc(C(C)(Nc2ccc(C#N)cc2)C(=O)O)cc1OCC(N)=O. The van der Waals surface area contributed by atoms with Crippen LogP contribution in [-0.2, 0) is 15.1 Å². The Bertz CT molecular complexity index is 934. The number of hydrogen-bond acceptors (Lipinski definition) is 6. The van der Waals surface area contributed by atoms with Gasteiger partial charge in [-0.3, -0.25) is 4.79 Å². The van der Waals surface area contributed by atoms with Gasteiger partial charge in [0.05, 0.1) is 17.7 Å². The first-order valence-corrected chi connectivity index (χ1v) is 8.89. The second-order valence-corrected chi connectivity index (χ2v) is 6.83. The first kappa shape index (κ1) is 21.6. The molecule has 0 aliphatic heterocycles. The summed E-state index contributed by atoms with van der Waals surface area (Å²) in [5, 5.41) is 21.8. The van der Waals surface area contributed by atoms with Crippen LogP contribution in [0.15, 0.2) is 42.5 Å². The third-order valence-corrected chi connectivity index (χ3v) is 4.09. The van der Waals surface area contributed by atoms with Gasteiger partial charge in [-0.15, -0.1) is 0 Å². The molecule has 1 atom stereocenters. The van der Waals surface area contributed by atoms with Crippen LogP contribution in [0.2, 0.25) is 0 Å². The molecule has 29 heavy (non-hydrogen) atoms. The molecule has 0 fully saturated rings. The number of amides is 1. The van der Waals surface area contributed by atoms with Gasteiger partial charge in [-0.05, 0) is 62.7 Å². The van der Waals surface area contributed by atoms with Crippen molar-refractivity contribution in [1.82, 2.24) is 0 Å². The largest absolute Gasteiger partial charge is 0.487 e. The van der Waals surface area contributed by atoms with Gasteiger partial charge >= 0.3 is 5.97 Å². The summed E-state index contributed by atoms with van der Waals surface area (Å²) in [6.45, 7) is 4.80. The van der Waals surface area contributed by atoms with E-state index in [1.165, 1.54) is 13.0 Å². The van der Waals surface area contributed by atoms with Crippen LogP contribution in [-0.4, -0.2) is 29.7 Å². The third kappa shape index (κ3) is 5.39. The number of nitrogens with zero attached hydrogens (tertiary/aromatic N) is 1. The van der Waals surface area contributed by atoms with E-state index in [9.17, 15) is 14.7 Å². The van der Waals surface area contributed by atoms with Gasteiger partial charge in [0.15, 0.2) is 23.6 Å². The molecule has 2 aromatic carbocycles. The fraction of sp³-hybridized carbons (Fsp3) is 0.286. The van der Waals surface area contributed by atoms with Crippen LogP contribution in [0.4, 0.5) is 5.69 Å². The minimum absolute atomic E-state index is 0.153. The molecule has 1 amide bonds. The second-order valence-electron chi connectivity index (χ2n) is 6.83. The number of rotatable bonds is 9. The number of nitrogens with two attached hydrogens (primary N) is 1. The molecule has 0 heterocycles. The Balaban J connectivity index is 2.44. The van der Waals surface area contributed by atoms with Crippen LogP contribution < -0.4 is 20.5 Å². The number of hydrogen-bond donors (Lipinski definition) is 3. The number of ether oxygens (including phenoxy) is 2. The van der Waals surface area contributed by atoms with E-state index in [0.717, 1.165) is 0 Å². The lowest BCUT2D eigenvalue weighted by Crippen LogP contribution is -2.40. The van der Waals surface area contributed by atoms with E-state index in [0.29, 0.717) is 22.6 Å². The molecule has 0 aliphatic carbocycles. The van der Waals surface area contributed by atoms with Crippen molar-refractivity contribution in [2.45, 2.75) is 32.4 Å². The number of carboxylic acids is 1. The summed E-state index contributed by atoms with van der Waals surface area (Å²) in [5.41, 5.74) is 5.00. The van der Waals surface area contributed by atoms with E-state index >= 15 is 0 Å². The lowest BCUT2D eigenvalue weighted by Gasteiger charge is -2.29. The van der Waals surface area contributed by atoms with Crippen molar-refractivity contribution < 1.29 is 24.2 Å². The fourth-order valence-corrected chi connectivity index (χ4v) is 2.60. The predicted molar refractivity (Wildman–Crippen MR) is 107 cm³/mol. The summed E-state index contributed by atoms with van der Waals surface area (Å²) in [4.78, 5) is 23.2. The lowest BCUT2D eigenvalue weighted by atomic mass is 9.91. The van der Waals surface area contributed by atoms with E-state index in [-0.39, 0.29) is 18.5 Å². The zero-order chi connectivity index (χ0) is 21.6. The van der Waals surface area contributed by atoms with E-state index in [2.05, 4.69) is 5.32 Å². The molecule has 4 N–H and O–H groups in total. The minimum Gasteiger partial charge on any atom is -0.487 e. The quantitative estimate of drug-likeness (QED) is 0.592. The van der Waals surface area contributed by atoms with Crippen molar-refractivity contribution in [3.63, 3.8) is 0 Å². The van der Waals surface area contributed by atoms with Crippen molar-refractivity contribution >= 4 is 17.6 Å². The Hall–Kier alpha value is -3.73. The molecule has 2 rings (SSSR count). The van der Waals surface area contributed by atoms with Crippen LogP contribution >= 0.6 is 0 Å². The van der Waals surface area contributed by atoms with Gasteiger partial charge in [0.25, 0.3) is 5.91 Å². The first-order valence-electron chi connectivity index (χ1n) is 8.89. The maximum Gasteiger partial charge on any atom is 0.333 e. The Morgan fingerprint density at radius 1 is 1.21 bits per heavy atom. The highest BCUT2D eigenvalue weighted by Crippen LogP contribution is 2.35. The average Bonchev–Trinajstić information content (AvgIpc) is 2.67. The zero-order valence-electron chi connectivity index (χ0n) is 16.4. The van der Waals surface area contributed by atoms with Crippen molar-refractivity contribution in [2.24, 2.45) is 5.73 Å². The van der Waals surface area contributed by atoms with Gasteiger partial charge in [-0.25, -0.2) is 4.79 Å². The molecule has 0 radical (unpaired) electrons. The number of benzene rings is 2. The van der Waals surface area contributed by atoms with Crippen LogP contribution in [0.3, 0.4) is 0 Å². The normalized spacial score (nSPS) is 12.5. The number of carbonyl (C=O) groups is 2. The number of nitriles is 1. The molecular weight excluding hydrogens is 374 g/mol. The molecule has 0 saturated carbocycles. The van der Waals surface area contributed by atoms with E-state index in [1.807, 2.05) is 19.9 Å². The zero-order valence-corrected chi connectivity index (χ0v) is 16.4. The Kier molecular flexibility index (Phi) is 6.67. The van der Waals surface area contributed by atoms with Crippen LogP contribution in [0.5, 0.6) is 11.5 Å². The van der Waals surface area contributed by atoms with Gasteiger partial charge in [-0.1, -0.05) is 6.07 Å². The number of carboxylic acid groups (broad SMARTS) is 1. The van der Waals surface area contributed by atoms with E-state index in [4.69, 9.17) is 20.5 Å². The molecule has 152 valence electrons. The number of aliphatic carboxylic acids is 1. The highest BCUT2D eigenvalue weighted by atomic mass is 16.5. The molecule has 0 saturated heterocycles. The van der Waals surface area contributed by atoms with Crippen LogP contribution in [0.25, 0.3) is 0 Å². The molecule has 8 nitrogen and oxygen atoms in total. The number of carbonyl (C=O) groups excluding carboxylic acids is 1. The van der Waals surface area contributed by atoms with Gasteiger partial charge in [0.1, 0.15) is 0 Å². The summed E-state index contributed by atoms with van der Waals surface area (Å²) in [7, 11) is 0. The molecular formula is C21H23N3O5. The number of primary amides is 1. The van der Waals surface area contributed by atoms with E-state index in [1.54, 1.807) is 36.4 Å². The monoisotopic (exact) mass is 397 g/mol. The fourth-order valence-electron chi connectivity index (χ4n) is 2.60. The summed E-state index contributed by atoms with van der Waals surface area (Å²) in [5.74, 6) is -1.21. The van der Waals surface area contributed by atoms with Crippen molar-refractivity contribution in [3.8, 4) is 17.6 Å². The standard InChI is InChI=1S/C21H23N3O5/c1-13(2)29-17-9-6-15(10-18(17)28-12-19(23)25)21(3,20(26)27)24-16-7-4-14(11-22)5-8-16/h4-10,13,24H,12H2,1-3H3,(H2,23,25)(H,26,27). The highest BCUT2D eigenvalue weighted by Gasteiger charge is 2.36. The third-order valence-electron chi connectivity index (χ3n) is 4.09. The Labute approximate surface area is 168 Å². The topological polar surface area (TPSA) is 135 Å². The van der Waals surface area contributed by atoms with Gasteiger partial charge in [0, 0.05) is 5.69 Å². The molecule has 0 bridgehead atoms. The summed E-state index contributed by atoms with van der Waals surface area (Å²) in [6.07, 6.45) is -0.153. The molecule has 2 aromatic rings. The smallest absolute Gasteiger partial charge is 0.333 e. The maximum absolute atomic E-state index is 12.1. The number of nitrogens with one attached hydrogen (secondary N) is 1. The van der Waals surface area contributed by atoms with Crippen molar-refractivity contribution in [3.05, 3.63) is 53.6 Å². The van der Waals surface area contributed by atoms with Crippen molar-refractivity contribution in [1.29, 1.82) is 5.26 Å². The van der Waals surface area contributed by atoms with Crippen LogP contribution in [0.1, 0.15) is 31.9 Å². The minimum atomic E-state index is -1.52. The van der Waals surface area contributed by atoms with Crippen molar-refractivity contribution in [2.75, 3.05) is 11.9 Å². The van der Waals surface area contributed by atoms with E-state index < -0.39 is 17.4 Å². The second kappa shape index (κ2) is 8.97. The Morgan fingerprint density at radius 2 is 1.86 bits per heavy atom. The average molecular weight is 397 g/mol. The van der Waals surface area contributed by atoms with Gasteiger partial charge in [0.2, 0.25) is 0 Å². The molecule has 1 unspecified atom stereocenters. The van der Waals surface area contributed by atoms with Crippen LogP contribution in [0, 0.1) is 11.3 Å². The summed E-state index contributed by atoms with van der Waals surface area (Å²) < 4.78 is 11.1. The Morgan fingerprint density at radius 3 is 2.38 bits per heavy atom. The summed E-state index contributed by atoms with van der Waals surface area (Å²) in [6, 6.07) is 13.1. The predicted octanol–water partition coefficient (Wildman–Crippen LogP) is 2.62. The highest BCUT2D eigenvalue weighted by molar-refractivity contribution is 5.84. The summed E-state index contributed by atoms with van der Waals surface area (Å²) >= 11 is 0.